The summed E-state index contributed by atoms with van der Waals surface area (Å²) in [5.74, 6) is -0.294. The third kappa shape index (κ3) is 2.62. The van der Waals surface area contributed by atoms with Crippen LogP contribution >= 0.6 is 22.9 Å². The summed E-state index contributed by atoms with van der Waals surface area (Å²) in [6.45, 7) is 0. The van der Waals surface area contributed by atoms with Crippen molar-refractivity contribution in [3.05, 3.63) is 62.9 Å². The van der Waals surface area contributed by atoms with Gasteiger partial charge in [-0.05, 0) is 40.6 Å². The monoisotopic (exact) mass is 312 g/mol. The minimum Gasteiger partial charge on any atom is -0.360 e. The molecule has 3 nitrogen and oxygen atoms in total. The molecule has 102 valence electrons. The molecule has 21 heavy (non-hydrogen) atoms. The minimum absolute atomic E-state index is 0.115. The first-order chi connectivity index (χ1) is 10.2. The van der Waals surface area contributed by atoms with Crippen molar-refractivity contribution in [2.45, 2.75) is 0 Å². The quantitative estimate of drug-likeness (QED) is 0.434. The molecule has 3 rings (SSSR count). The van der Waals surface area contributed by atoms with Crippen LogP contribution in [0.15, 0.2) is 46.8 Å². The molecule has 1 aromatic carbocycles. The normalized spacial score (nSPS) is 11.5. The van der Waals surface area contributed by atoms with Crippen molar-refractivity contribution in [1.82, 2.24) is 4.98 Å². The Morgan fingerprint density at radius 1 is 1.38 bits per heavy atom. The van der Waals surface area contributed by atoms with Gasteiger partial charge < -0.3 is 4.98 Å². The Labute approximate surface area is 130 Å². The molecule has 3 aromatic rings. The number of carbonyl (C=O) groups excluding carboxylic acids is 1. The van der Waals surface area contributed by atoms with Crippen LogP contribution in [-0.4, -0.2) is 10.8 Å². The second kappa shape index (κ2) is 5.57. The van der Waals surface area contributed by atoms with Crippen LogP contribution in [0.1, 0.15) is 15.9 Å². The standard InChI is InChI=1S/C16H9ClN2OS/c17-12-1-2-13-14(8-19-15(13)6-12)16(20)11(7-18)5-10-3-4-21-9-10/h1-6,8-9,19H. The van der Waals surface area contributed by atoms with Gasteiger partial charge in [-0.2, -0.15) is 16.6 Å². The lowest BCUT2D eigenvalue weighted by atomic mass is 10.0. The van der Waals surface area contributed by atoms with Crippen LogP contribution in [0.5, 0.6) is 0 Å². The summed E-state index contributed by atoms with van der Waals surface area (Å²) in [7, 11) is 0. The topological polar surface area (TPSA) is 56.6 Å². The fourth-order valence-corrected chi connectivity index (χ4v) is 2.89. The number of halogens is 1. The number of allylic oxidation sites excluding steroid dienone is 1. The first kappa shape index (κ1) is 13.6. The highest BCUT2D eigenvalue weighted by Crippen LogP contribution is 2.24. The third-order valence-corrected chi connectivity index (χ3v) is 4.04. The largest absolute Gasteiger partial charge is 0.360 e. The second-order valence-corrected chi connectivity index (χ2v) is 5.66. The zero-order valence-electron chi connectivity index (χ0n) is 10.8. The molecule has 0 fully saturated rings. The summed E-state index contributed by atoms with van der Waals surface area (Å²) in [5.41, 5.74) is 2.22. The Morgan fingerprint density at radius 2 is 2.24 bits per heavy atom. The van der Waals surface area contributed by atoms with Crippen LogP contribution in [0.4, 0.5) is 0 Å². The molecular formula is C16H9ClN2OS. The highest BCUT2D eigenvalue weighted by atomic mass is 35.5. The number of hydrogen-bond donors (Lipinski definition) is 1. The number of nitrogens with one attached hydrogen (secondary N) is 1. The SMILES string of the molecule is N#CC(=Cc1ccsc1)C(=O)c1c[nH]c2cc(Cl)ccc12. The number of hydrogen-bond acceptors (Lipinski definition) is 3. The number of nitrogens with zero attached hydrogens (tertiary/aromatic N) is 1. The Hall–Kier alpha value is -2.35. The molecule has 0 spiro atoms. The highest BCUT2D eigenvalue weighted by molar-refractivity contribution is 7.08. The number of H-pyrrole nitrogens is 1. The number of ketones is 1. The fourth-order valence-electron chi connectivity index (χ4n) is 2.10. The molecule has 0 aliphatic rings. The molecule has 2 heterocycles. The number of aromatic amines is 1. The van der Waals surface area contributed by atoms with Crippen LogP contribution in [0.2, 0.25) is 5.02 Å². The van der Waals surface area contributed by atoms with Gasteiger partial charge in [0.1, 0.15) is 11.6 Å². The molecule has 0 aliphatic heterocycles. The number of thiophene rings is 1. The Kier molecular flexibility index (Phi) is 3.61. The van der Waals surface area contributed by atoms with E-state index in [0.29, 0.717) is 10.6 Å². The van der Waals surface area contributed by atoms with E-state index in [1.54, 1.807) is 30.5 Å². The maximum atomic E-state index is 12.5. The number of nitriles is 1. The van der Waals surface area contributed by atoms with Crippen LogP contribution in [0.3, 0.4) is 0 Å². The van der Waals surface area contributed by atoms with Gasteiger partial charge in [0, 0.05) is 27.7 Å². The maximum Gasteiger partial charge on any atom is 0.205 e. The summed E-state index contributed by atoms with van der Waals surface area (Å²) in [6.07, 6.45) is 3.22. The van der Waals surface area contributed by atoms with Gasteiger partial charge >= 0.3 is 0 Å². The van der Waals surface area contributed by atoms with Crippen molar-refractivity contribution < 1.29 is 4.79 Å². The molecular weight excluding hydrogens is 304 g/mol. The lowest BCUT2D eigenvalue weighted by molar-refractivity contribution is 0.104. The van der Waals surface area contributed by atoms with E-state index in [2.05, 4.69) is 4.98 Å². The summed E-state index contributed by atoms with van der Waals surface area (Å²) in [5, 5.41) is 14.4. The van der Waals surface area contributed by atoms with Gasteiger partial charge in [-0.1, -0.05) is 17.7 Å². The van der Waals surface area contributed by atoms with Crippen molar-refractivity contribution in [1.29, 1.82) is 5.26 Å². The Balaban J connectivity index is 2.06. The first-order valence-corrected chi connectivity index (χ1v) is 7.46. The van der Waals surface area contributed by atoms with Gasteiger partial charge in [0.25, 0.3) is 0 Å². The summed E-state index contributed by atoms with van der Waals surface area (Å²) in [4.78, 5) is 15.5. The van der Waals surface area contributed by atoms with Crippen LogP contribution in [-0.2, 0) is 0 Å². The number of rotatable bonds is 3. The molecule has 2 aromatic heterocycles. The van der Waals surface area contributed by atoms with Crippen molar-refractivity contribution in [2.24, 2.45) is 0 Å². The molecule has 0 saturated carbocycles. The van der Waals surface area contributed by atoms with Crippen molar-refractivity contribution in [2.75, 3.05) is 0 Å². The van der Waals surface area contributed by atoms with E-state index in [1.165, 1.54) is 11.3 Å². The predicted molar refractivity (Wildman–Crippen MR) is 85.5 cm³/mol. The van der Waals surface area contributed by atoms with Gasteiger partial charge in [0.15, 0.2) is 0 Å². The fraction of sp³-hybridized carbons (Fsp3) is 0. The van der Waals surface area contributed by atoms with Crippen molar-refractivity contribution in [3.63, 3.8) is 0 Å². The third-order valence-electron chi connectivity index (χ3n) is 3.11. The zero-order chi connectivity index (χ0) is 14.8. The summed E-state index contributed by atoms with van der Waals surface area (Å²) in [6, 6.07) is 9.10. The molecule has 0 amide bonds. The molecule has 0 atom stereocenters. The molecule has 0 saturated heterocycles. The van der Waals surface area contributed by atoms with E-state index in [4.69, 9.17) is 11.6 Å². The number of carbonyl (C=O) groups is 1. The zero-order valence-corrected chi connectivity index (χ0v) is 12.3. The molecule has 0 bridgehead atoms. The second-order valence-electron chi connectivity index (χ2n) is 4.45. The van der Waals surface area contributed by atoms with Gasteiger partial charge in [-0.25, -0.2) is 0 Å². The molecule has 0 radical (unpaired) electrons. The lowest BCUT2D eigenvalue weighted by Gasteiger charge is -1.98. The van der Waals surface area contributed by atoms with E-state index < -0.39 is 0 Å². The van der Waals surface area contributed by atoms with E-state index >= 15 is 0 Å². The summed E-state index contributed by atoms with van der Waals surface area (Å²) < 4.78 is 0. The van der Waals surface area contributed by atoms with Crippen molar-refractivity contribution >= 4 is 45.7 Å². The van der Waals surface area contributed by atoms with E-state index in [9.17, 15) is 10.1 Å². The minimum atomic E-state index is -0.294. The van der Waals surface area contributed by atoms with Gasteiger partial charge in [0.2, 0.25) is 5.78 Å². The average molecular weight is 313 g/mol. The van der Waals surface area contributed by atoms with Gasteiger partial charge in [-0.15, -0.1) is 0 Å². The molecule has 0 unspecified atom stereocenters. The molecule has 5 heteroatoms. The average Bonchev–Trinajstić information content (AvgIpc) is 3.12. The number of aromatic nitrogens is 1. The summed E-state index contributed by atoms with van der Waals surface area (Å²) >= 11 is 7.44. The Bertz CT molecular complexity index is 885. The van der Waals surface area contributed by atoms with Crippen LogP contribution in [0, 0.1) is 11.3 Å². The van der Waals surface area contributed by atoms with Crippen molar-refractivity contribution in [3.8, 4) is 6.07 Å². The number of Topliss-reactive ketones (excluding diaryl/α,β-unsaturated/α-hetero) is 1. The number of benzene rings is 1. The highest BCUT2D eigenvalue weighted by Gasteiger charge is 2.16. The molecule has 1 N–H and O–H groups in total. The van der Waals surface area contributed by atoms with E-state index in [-0.39, 0.29) is 11.4 Å². The first-order valence-electron chi connectivity index (χ1n) is 6.14. The smallest absolute Gasteiger partial charge is 0.205 e. The van der Waals surface area contributed by atoms with E-state index in [1.807, 2.05) is 22.9 Å². The predicted octanol–water partition coefficient (Wildman–Crippen LogP) is 4.67. The maximum absolute atomic E-state index is 12.5. The molecule has 0 aliphatic carbocycles. The number of fused-ring (bicyclic) bond motifs is 1. The van der Waals surface area contributed by atoms with Crippen LogP contribution < -0.4 is 0 Å². The van der Waals surface area contributed by atoms with Gasteiger partial charge in [-0.3, -0.25) is 4.79 Å². The van der Waals surface area contributed by atoms with Crippen LogP contribution in [0.25, 0.3) is 17.0 Å². The van der Waals surface area contributed by atoms with Gasteiger partial charge in [0.05, 0.1) is 0 Å². The Morgan fingerprint density at radius 3 is 2.95 bits per heavy atom. The lowest BCUT2D eigenvalue weighted by Crippen LogP contribution is -2.00. The van der Waals surface area contributed by atoms with E-state index in [0.717, 1.165) is 16.5 Å².